The molecule has 0 aliphatic heterocycles. The molecule has 0 bridgehead atoms. The predicted octanol–water partition coefficient (Wildman–Crippen LogP) is 4.19. The van der Waals surface area contributed by atoms with Crippen molar-refractivity contribution in [3.05, 3.63) is 58.1 Å². The van der Waals surface area contributed by atoms with Gasteiger partial charge in [0.2, 0.25) is 0 Å². The number of halogens is 2. The van der Waals surface area contributed by atoms with Crippen molar-refractivity contribution in [2.24, 2.45) is 0 Å². The Hall–Kier alpha value is -2.24. The van der Waals surface area contributed by atoms with Gasteiger partial charge in [0.25, 0.3) is 5.91 Å². The lowest BCUT2D eigenvalue weighted by Crippen LogP contribution is -2.30. The predicted molar refractivity (Wildman–Crippen MR) is 93.0 cm³/mol. The van der Waals surface area contributed by atoms with Crippen molar-refractivity contribution in [2.45, 2.75) is 13.0 Å². The summed E-state index contributed by atoms with van der Waals surface area (Å²) in [5.74, 6) is -0.515. The molecule has 0 aliphatic rings. The number of benzene rings is 2. The molecule has 0 spiro atoms. The molecule has 0 fully saturated rings. The number of carbonyl (C=O) groups excluding carboxylic acids is 2. The zero-order valence-electron chi connectivity index (χ0n) is 13.0. The molecule has 24 heavy (non-hydrogen) atoms. The first-order valence-corrected chi connectivity index (χ1v) is 7.77. The Morgan fingerprint density at radius 1 is 1.12 bits per heavy atom. The Kier molecular flexibility index (Phi) is 6.06. The van der Waals surface area contributed by atoms with Crippen LogP contribution in [0.2, 0.25) is 10.0 Å². The molecule has 7 heteroatoms. The van der Waals surface area contributed by atoms with Crippen molar-refractivity contribution in [2.75, 3.05) is 12.4 Å². The number of anilines is 1. The lowest BCUT2D eigenvalue weighted by Gasteiger charge is -2.16. The molecule has 5 nitrogen and oxygen atoms in total. The van der Waals surface area contributed by atoms with Crippen LogP contribution in [0.3, 0.4) is 0 Å². The second kappa shape index (κ2) is 8.04. The Morgan fingerprint density at radius 2 is 1.88 bits per heavy atom. The van der Waals surface area contributed by atoms with Gasteiger partial charge in [-0.15, -0.1) is 0 Å². The minimum atomic E-state index is -0.801. The van der Waals surface area contributed by atoms with Crippen molar-refractivity contribution >= 4 is 40.8 Å². The maximum atomic E-state index is 12.2. The highest BCUT2D eigenvalue weighted by Crippen LogP contribution is 2.28. The molecule has 0 radical (unpaired) electrons. The van der Waals surface area contributed by atoms with Gasteiger partial charge in [-0.05, 0) is 43.3 Å². The van der Waals surface area contributed by atoms with Crippen LogP contribution in [0.15, 0.2) is 42.5 Å². The number of carbonyl (C=O) groups is 2. The highest BCUT2D eigenvalue weighted by molar-refractivity contribution is 6.35. The number of methoxy groups -OCH3 is 1. The average Bonchev–Trinajstić information content (AvgIpc) is 2.56. The second-order valence-electron chi connectivity index (χ2n) is 4.90. The minimum absolute atomic E-state index is 0.315. The van der Waals surface area contributed by atoms with Crippen LogP contribution in [-0.2, 0) is 9.53 Å². The molecule has 0 aromatic heterocycles. The van der Waals surface area contributed by atoms with Gasteiger partial charge in [-0.1, -0.05) is 29.3 Å². The largest absolute Gasteiger partial charge is 0.479 e. The molecule has 126 valence electrons. The van der Waals surface area contributed by atoms with Gasteiger partial charge in [-0.2, -0.15) is 0 Å². The van der Waals surface area contributed by atoms with Crippen LogP contribution in [0.5, 0.6) is 5.75 Å². The van der Waals surface area contributed by atoms with Gasteiger partial charge in [0, 0.05) is 10.7 Å². The number of esters is 1. The third-order valence-electron chi connectivity index (χ3n) is 3.12. The van der Waals surface area contributed by atoms with Crippen LogP contribution >= 0.6 is 23.2 Å². The third-order valence-corrected chi connectivity index (χ3v) is 3.65. The number of nitrogens with one attached hydrogen (secondary N) is 1. The van der Waals surface area contributed by atoms with Gasteiger partial charge < -0.3 is 14.8 Å². The summed E-state index contributed by atoms with van der Waals surface area (Å²) in [4.78, 5) is 23.7. The molecule has 1 atom stereocenters. The Morgan fingerprint density at radius 3 is 2.54 bits per heavy atom. The van der Waals surface area contributed by atoms with E-state index in [0.29, 0.717) is 27.0 Å². The van der Waals surface area contributed by atoms with E-state index in [1.807, 2.05) is 0 Å². The smallest absolute Gasteiger partial charge is 0.337 e. The van der Waals surface area contributed by atoms with Crippen LogP contribution in [0.1, 0.15) is 17.3 Å². The average molecular weight is 368 g/mol. The molecule has 1 amide bonds. The zero-order chi connectivity index (χ0) is 17.7. The molecule has 0 aliphatic carbocycles. The molecule has 2 rings (SSSR count). The number of amides is 1. The highest BCUT2D eigenvalue weighted by Gasteiger charge is 2.17. The number of hydrogen-bond acceptors (Lipinski definition) is 4. The van der Waals surface area contributed by atoms with E-state index in [0.717, 1.165) is 0 Å². The van der Waals surface area contributed by atoms with Gasteiger partial charge >= 0.3 is 5.97 Å². The lowest BCUT2D eigenvalue weighted by atomic mass is 10.2. The fourth-order valence-electron chi connectivity index (χ4n) is 1.90. The SMILES string of the molecule is COC(=O)c1cccc(NC(=O)C(C)Oc2ccc(Cl)cc2Cl)c1. The van der Waals surface area contributed by atoms with Crippen LogP contribution in [-0.4, -0.2) is 25.1 Å². The van der Waals surface area contributed by atoms with E-state index in [1.54, 1.807) is 37.3 Å². The summed E-state index contributed by atoms with van der Waals surface area (Å²) in [6.45, 7) is 1.59. The Bertz CT molecular complexity index is 764. The van der Waals surface area contributed by atoms with E-state index >= 15 is 0 Å². The molecule has 0 saturated heterocycles. The van der Waals surface area contributed by atoms with Gasteiger partial charge in [-0.3, -0.25) is 4.79 Å². The first kappa shape index (κ1) is 18.1. The molecule has 2 aromatic carbocycles. The first-order chi connectivity index (χ1) is 11.4. The van der Waals surface area contributed by atoms with E-state index in [9.17, 15) is 9.59 Å². The minimum Gasteiger partial charge on any atom is -0.479 e. The van der Waals surface area contributed by atoms with E-state index in [1.165, 1.54) is 19.2 Å². The maximum absolute atomic E-state index is 12.2. The summed E-state index contributed by atoms with van der Waals surface area (Å²) < 4.78 is 10.2. The monoisotopic (exact) mass is 367 g/mol. The quantitative estimate of drug-likeness (QED) is 0.804. The second-order valence-corrected chi connectivity index (χ2v) is 5.74. The van der Waals surface area contributed by atoms with Gasteiger partial charge in [0.15, 0.2) is 6.10 Å². The van der Waals surface area contributed by atoms with Crippen molar-refractivity contribution in [3.63, 3.8) is 0 Å². The van der Waals surface area contributed by atoms with Crippen LogP contribution < -0.4 is 10.1 Å². The van der Waals surface area contributed by atoms with Gasteiger partial charge in [0.1, 0.15) is 5.75 Å². The summed E-state index contributed by atoms with van der Waals surface area (Å²) in [5.41, 5.74) is 0.796. The molecule has 0 heterocycles. The number of rotatable bonds is 5. The summed E-state index contributed by atoms with van der Waals surface area (Å²) in [5, 5.41) is 3.46. The van der Waals surface area contributed by atoms with Gasteiger partial charge in [0.05, 0.1) is 17.7 Å². The highest BCUT2D eigenvalue weighted by atomic mass is 35.5. The molecular formula is C17H15Cl2NO4. The standard InChI is InChI=1S/C17H15Cl2NO4/c1-10(24-15-7-6-12(18)9-14(15)19)16(21)20-13-5-3-4-11(8-13)17(22)23-2/h3-10H,1-2H3,(H,20,21). The normalized spacial score (nSPS) is 11.5. The molecule has 1 N–H and O–H groups in total. The fourth-order valence-corrected chi connectivity index (χ4v) is 2.35. The van der Waals surface area contributed by atoms with Crippen LogP contribution in [0.4, 0.5) is 5.69 Å². The zero-order valence-corrected chi connectivity index (χ0v) is 14.5. The van der Waals surface area contributed by atoms with E-state index < -0.39 is 12.1 Å². The van der Waals surface area contributed by atoms with Crippen molar-refractivity contribution in [1.82, 2.24) is 0 Å². The van der Waals surface area contributed by atoms with Crippen LogP contribution in [0, 0.1) is 0 Å². The summed E-state index contributed by atoms with van der Waals surface area (Å²) >= 11 is 11.8. The summed E-state index contributed by atoms with van der Waals surface area (Å²) in [7, 11) is 1.29. The Balaban J connectivity index is 2.05. The van der Waals surface area contributed by atoms with Crippen molar-refractivity contribution < 1.29 is 19.1 Å². The van der Waals surface area contributed by atoms with Crippen LogP contribution in [0.25, 0.3) is 0 Å². The summed E-state index contributed by atoms with van der Waals surface area (Å²) in [6.07, 6.45) is -0.801. The van der Waals surface area contributed by atoms with Gasteiger partial charge in [-0.25, -0.2) is 4.79 Å². The molecular weight excluding hydrogens is 353 g/mol. The fraction of sp³-hybridized carbons (Fsp3) is 0.176. The van der Waals surface area contributed by atoms with Crippen molar-refractivity contribution in [1.29, 1.82) is 0 Å². The molecule has 1 unspecified atom stereocenters. The number of hydrogen-bond donors (Lipinski definition) is 1. The summed E-state index contributed by atoms with van der Waals surface area (Å²) in [6, 6.07) is 11.2. The maximum Gasteiger partial charge on any atom is 0.337 e. The lowest BCUT2D eigenvalue weighted by molar-refractivity contribution is -0.122. The van der Waals surface area contributed by atoms with Crippen molar-refractivity contribution in [3.8, 4) is 5.75 Å². The van der Waals surface area contributed by atoms with E-state index in [-0.39, 0.29) is 5.91 Å². The topological polar surface area (TPSA) is 64.6 Å². The molecule has 0 saturated carbocycles. The first-order valence-electron chi connectivity index (χ1n) is 7.01. The Labute approximate surface area is 149 Å². The third kappa shape index (κ3) is 4.63. The number of ether oxygens (including phenoxy) is 2. The molecule has 2 aromatic rings. The van der Waals surface area contributed by atoms with E-state index in [4.69, 9.17) is 27.9 Å². The van der Waals surface area contributed by atoms with E-state index in [2.05, 4.69) is 10.1 Å².